The molecule has 0 aromatic heterocycles. The van der Waals surface area contributed by atoms with E-state index in [4.69, 9.17) is 9.47 Å². The van der Waals surface area contributed by atoms with E-state index in [9.17, 15) is 9.18 Å². The number of carbonyl (C=O) groups is 1. The normalized spacial score (nSPS) is 9.80. The lowest BCUT2D eigenvalue weighted by atomic mass is 10.2. The van der Waals surface area contributed by atoms with E-state index in [1.165, 1.54) is 26.4 Å². The molecule has 0 bridgehead atoms. The van der Waals surface area contributed by atoms with Gasteiger partial charge < -0.3 is 14.2 Å². The molecule has 0 saturated carbocycles. The van der Waals surface area contributed by atoms with E-state index in [0.717, 1.165) is 0 Å². The summed E-state index contributed by atoms with van der Waals surface area (Å²) < 4.78 is 28.0. The Bertz CT molecular complexity index is 352. The maximum atomic E-state index is 13.6. The molecule has 0 radical (unpaired) electrons. The summed E-state index contributed by atoms with van der Waals surface area (Å²) in [5.74, 6) is -0.652. The molecule has 0 saturated heterocycles. The average molecular weight is 214 g/mol. The molecule has 1 rings (SSSR count). The van der Waals surface area contributed by atoms with Crippen LogP contribution in [0.1, 0.15) is 10.4 Å². The average Bonchev–Trinajstić information content (AvgIpc) is 2.27. The van der Waals surface area contributed by atoms with Crippen LogP contribution < -0.4 is 9.47 Å². The minimum atomic E-state index is -0.749. The molecule has 0 atom stereocenters. The van der Waals surface area contributed by atoms with Gasteiger partial charge in [-0.3, -0.25) is 4.79 Å². The highest BCUT2D eigenvalue weighted by molar-refractivity contribution is 5.77. The first-order valence-electron chi connectivity index (χ1n) is 4.18. The summed E-state index contributed by atoms with van der Waals surface area (Å²) in [6, 6.07) is 2.78. The van der Waals surface area contributed by atoms with Crippen LogP contribution in [0.25, 0.3) is 0 Å². The van der Waals surface area contributed by atoms with Crippen LogP contribution in [0.5, 0.6) is 11.5 Å². The van der Waals surface area contributed by atoms with Crippen molar-refractivity contribution in [1.29, 1.82) is 0 Å². The zero-order chi connectivity index (χ0) is 11.3. The third-order valence-corrected chi connectivity index (χ3v) is 1.76. The molecule has 5 heteroatoms. The second kappa shape index (κ2) is 5.31. The fraction of sp³-hybridized carbons (Fsp3) is 0.300. The van der Waals surface area contributed by atoms with Gasteiger partial charge in [0.1, 0.15) is 0 Å². The van der Waals surface area contributed by atoms with Gasteiger partial charge in [0.15, 0.2) is 24.6 Å². The molecule has 0 heterocycles. The van der Waals surface area contributed by atoms with E-state index in [2.05, 4.69) is 4.74 Å². The summed E-state index contributed by atoms with van der Waals surface area (Å²) in [4.78, 5) is 10.5. The van der Waals surface area contributed by atoms with E-state index in [1.807, 2.05) is 0 Å². The second-order valence-electron chi connectivity index (χ2n) is 2.67. The molecule has 82 valence electrons. The molecule has 4 nitrogen and oxygen atoms in total. The van der Waals surface area contributed by atoms with Gasteiger partial charge in [0.25, 0.3) is 0 Å². The fourth-order valence-corrected chi connectivity index (χ4v) is 1.06. The first-order chi connectivity index (χ1) is 7.24. The Morgan fingerprint density at radius 2 is 2.13 bits per heavy atom. The predicted octanol–water partition coefficient (Wildman–Crippen LogP) is 1.63. The van der Waals surface area contributed by atoms with Crippen LogP contribution in [0.4, 0.5) is 4.39 Å². The Kier molecular flexibility index (Phi) is 4.05. The van der Waals surface area contributed by atoms with Crippen LogP contribution in [0.2, 0.25) is 0 Å². The van der Waals surface area contributed by atoms with Crippen molar-refractivity contribution >= 4 is 6.29 Å². The Morgan fingerprint density at radius 1 is 1.40 bits per heavy atom. The zero-order valence-corrected chi connectivity index (χ0v) is 8.45. The van der Waals surface area contributed by atoms with Crippen molar-refractivity contribution in [2.45, 2.75) is 0 Å². The molecular formula is C10H11FO4. The van der Waals surface area contributed by atoms with E-state index < -0.39 is 5.82 Å². The van der Waals surface area contributed by atoms with E-state index >= 15 is 0 Å². The number of carbonyl (C=O) groups excluding carboxylic acids is 1. The zero-order valence-electron chi connectivity index (χ0n) is 8.45. The molecule has 0 unspecified atom stereocenters. The lowest BCUT2D eigenvalue weighted by Crippen LogP contribution is -2.04. The number of hydrogen-bond acceptors (Lipinski definition) is 4. The van der Waals surface area contributed by atoms with Gasteiger partial charge in [-0.05, 0) is 12.1 Å². The fourth-order valence-electron chi connectivity index (χ4n) is 1.06. The highest BCUT2D eigenvalue weighted by atomic mass is 19.1. The maximum absolute atomic E-state index is 13.6. The largest absolute Gasteiger partial charge is 0.493 e. The van der Waals surface area contributed by atoms with Gasteiger partial charge in [-0.15, -0.1) is 0 Å². The lowest BCUT2D eigenvalue weighted by Gasteiger charge is -2.11. The number of benzene rings is 1. The van der Waals surface area contributed by atoms with Gasteiger partial charge in [0.2, 0.25) is 5.75 Å². The quantitative estimate of drug-likeness (QED) is 0.552. The number of rotatable bonds is 5. The molecule has 15 heavy (non-hydrogen) atoms. The van der Waals surface area contributed by atoms with Gasteiger partial charge in [0.05, 0.1) is 12.7 Å². The molecule has 0 fully saturated rings. The number of ether oxygens (including phenoxy) is 3. The summed E-state index contributed by atoms with van der Waals surface area (Å²) in [7, 11) is 2.79. The standard InChI is InChI=1S/C10H11FO4/c1-13-6-15-10-8(14-2)4-3-7(5-12)9(10)11/h3-5H,6H2,1-2H3. The monoisotopic (exact) mass is 214 g/mol. The highest BCUT2D eigenvalue weighted by Gasteiger charge is 2.15. The van der Waals surface area contributed by atoms with Gasteiger partial charge >= 0.3 is 0 Å². The molecule has 0 aliphatic rings. The van der Waals surface area contributed by atoms with Crippen LogP contribution in [0, 0.1) is 5.82 Å². The molecule has 0 N–H and O–H groups in total. The van der Waals surface area contributed by atoms with Crippen LogP contribution in [0.15, 0.2) is 12.1 Å². The minimum Gasteiger partial charge on any atom is -0.493 e. The third kappa shape index (κ3) is 2.44. The topological polar surface area (TPSA) is 44.8 Å². The van der Waals surface area contributed by atoms with Crippen molar-refractivity contribution < 1.29 is 23.4 Å². The van der Waals surface area contributed by atoms with Crippen molar-refractivity contribution in [3.63, 3.8) is 0 Å². The molecule has 1 aromatic carbocycles. The molecule has 1 aromatic rings. The van der Waals surface area contributed by atoms with Crippen LogP contribution in [0.3, 0.4) is 0 Å². The van der Waals surface area contributed by atoms with Crippen molar-refractivity contribution in [1.82, 2.24) is 0 Å². The van der Waals surface area contributed by atoms with Crippen LogP contribution in [-0.2, 0) is 4.74 Å². The van der Waals surface area contributed by atoms with Crippen molar-refractivity contribution in [3.8, 4) is 11.5 Å². The minimum absolute atomic E-state index is 0.0816. The molecule has 0 aliphatic carbocycles. The van der Waals surface area contributed by atoms with Gasteiger partial charge in [-0.1, -0.05) is 0 Å². The summed E-state index contributed by atoms with van der Waals surface area (Å²) in [6.07, 6.45) is 0.411. The lowest BCUT2D eigenvalue weighted by molar-refractivity contribution is 0.0460. The Morgan fingerprint density at radius 3 is 2.67 bits per heavy atom. The van der Waals surface area contributed by atoms with Crippen molar-refractivity contribution in [3.05, 3.63) is 23.5 Å². The van der Waals surface area contributed by atoms with Crippen LogP contribution >= 0.6 is 0 Å². The highest BCUT2D eigenvalue weighted by Crippen LogP contribution is 2.31. The molecular weight excluding hydrogens is 203 g/mol. The number of halogens is 1. The SMILES string of the molecule is COCOc1c(OC)ccc(C=O)c1F. The van der Waals surface area contributed by atoms with Crippen molar-refractivity contribution in [2.24, 2.45) is 0 Å². The Labute approximate surface area is 86.6 Å². The van der Waals surface area contributed by atoms with E-state index in [0.29, 0.717) is 6.29 Å². The van der Waals surface area contributed by atoms with Gasteiger partial charge in [-0.2, -0.15) is 0 Å². The number of aldehydes is 1. The molecule has 0 aliphatic heterocycles. The predicted molar refractivity (Wildman–Crippen MR) is 50.8 cm³/mol. The Balaban J connectivity index is 3.10. The first kappa shape index (κ1) is 11.5. The van der Waals surface area contributed by atoms with Gasteiger partial charge in [0, 0.05) is 7.11 Å². The second-order valence-corrected chi connectivity index (χ2v) is 2.67. The number of hydrogen-bond donors (Lipinski definition) is 0. The third-order valence-electron chi connectivity index (χ3n) is 1.76. The summed E-state index contributed by atoms with van der Waals surface area (Å²) in [5.41, 5.74) is -0.0816. The Hall–Kier alpha value is -1.62. The van der Waals surface area contributed by atoms with Gasteiger partial charge in [-0.25, -0.2) is 4.39 Å². The molecule has 0 spiro atoms. The maximum Gasteiger partial charge on any atom is 0.200 e. The summed E-state index contributed by atoms with van der Waals surface area (Å²) >= 11 is 0. The number of methoxy groups -OCH3 is 2. The summed E-state index contributed by atoms with van der Waals surface area (Å²) in [6.45, 7) is -0.115. The van der Waals surface area contributed by atoms with E-state index in [1.54, 1.807) is 0 Å². The van der Waals surface area contributed by atoms with E-state index in [-0.39, 0.29) is 23.9 Å². The first-order valence-corrected chi connectivity index (χ1v) is 4.18. The van der Waals surface area contributed by atoms with Crippen molar-refractivity contribution in [2.75, 3.05) is 21.0 Å². The summed E-state index contributed by atoms with van der Waals surface area (Å²) in [5, 5.41) is 0. The smallest absolute Gasteiger partial charge is 0.200 e. The van der Waals surface area contributed by atoms with Crippen LogP contribution in [-0.4, -0.2) is 27.3 Å². The molecule has 0 amide bonds.